The van der Waals surface area contributed by atoms with Gasteiger partial charge in [-0.2, -0.15) is 21.6 Å². The summed E-state index contributed by atoms with van der Waals surface area (Å²) in [4.78, 5) is 112. The Morgan fingerprint density at radius 1 is 0.559 bits per heavy atom. The van der Waals surface area contributed by atoms with Crippen LogP contribution in [0.25, 0.3) is 76.8 Å². The van der Waals surface area contributed by atoms with E-state index < -0.39 is 56.9 Å². The van der Waals surface area contributed by atoms with E-state index in [0.29, 0.717) is 71.6 Å². The Kier molecular flexibility index (Phi) is 29.0. The normalized spacial score (nSPS) is 15.4. The molecule has 8 heterocycles. The number of H-pyrrole nitrogens is 1. The van der Waals surface area contributed by atoms with Crippen LogP contribution in [0.2, 0.25) is 20.1 Å². The number of Topliss-reactive ketones (excluding diaryl/α,β-unsaturated/α-hetero) is 4. The van der Waals surface area contributed by atoms with Crippen molar-refractivity contribution in [1.29, 1.82) is 0 Å². The number of fused-ring (bicyclic) bond motifs is 9. The second-order valence-corrected chi connectivity index (χ2v) is 30.8. The predicted molar refractivity (Wildman–Crippen MR) is 450 cm³/mol. The number of halogens is 8. The molecule has 3 N–H and O–H groups in total. The summed E-state index contributed by atoms with van der Waals surface area (Å²) >= 11 is 25.8. The fourth-order valence-electron chi connectivity index (χ4n) is 13.2. The highest BCUT2D eigenvalue weighted by Gasteiger charge is 2.51. The number of nitrogens with zero attached hydrogens (tertiary/aromatic N) is 9. The van der Waals surface area contributed by atoms with Crippen LogP contribution < -0.4 is 10.2 Å². The quantitative estimate of drug-likeness (QED) is 0.0158. The van der Waals surface area contributed by atoms with Gasteiger partial charge < -0.3 is 49.1 Å². The fraction of sp³-hybridized carbons (Fsp3) is 0.171. The van der Waals surface area contributed by atoms with Crippen LogP contribution in [0.4, 0.5) is 24.8 Å². The van der Waals surface area contributed by atoms with Gasteiger partial charge in [0.05, 0.1) is 55.2 Å². The third-order valence-corrected chi connectivity index (χ3v) is 21.5. The van der Waals surface area contributed by atoms with Crippen molar-refractivity contribution in [3.8, 4) is 16.9 Å². The topological polar surface area (TPSA) is 362 Å². The lowest BCUT2D eigenvalue weighted by Crippen LogP contribution is -2.49. The molecule has 3 fully saturated rings. The highest BCUT2D eigenvalue weighted by molar-refractivity contribution is 14.1. The molecule has 3 aliphatic rings. The molecule has 7 aromatic heterocycles. The second-order valence-electron chi connectivity index (χ2n) is 26.3. The second kappa shape index (κ2) is 39.2. The van der Waals surface area contributed by atoms with E-state index >= 15 is 0 Å². The summed E-state index contributed by atoms with van der Waals surface area (Å²) in [5.41, 5.74) is 2.20. The molecule has 7 aromatic carbocycles. The number of ether oxygens (including phenoxy) is 1. The minimum absolute atomic E-state index is 0.00104. The number of rotatable bonds is 11. The maximum absolute atomic E-state index is 12.4. The van der Waals surface area contributed by atoms with Crippen LogP contribution in [0.5, 0.6) is 5.75 Å². The van der Waals surface area contributed by atoms with E-state index in [-0.39, 0.29) is 72.7 Å². The molecule has 2 aliphatic carbocycles. The predicted octanol–water partition coefficient (Wildman–Crippen LogP) is 17.2. The molecule has 3 atom stereocenters. The molecule has 604 valence electrons. The number of aromatic nitrogens is 7. The average Bonchev–Trinajstić information content (AvgIpc) is 1.60. The molecule has 0 spiro atoms. The molecule has 0 radical (unpaired) electrons. The molecule has 14 aromatic rings. The number of ketones is 4. The highest BCUT2D eigenvalue weighted by atomic mass is 127. The molecule has 1 saturated heterocycles. The van der Waals surface area contributed by atoms with Gasteiger partial charge in [0, 0.05) is 95.1 Å². The average molecular weight is 1820 g/mol. The number of alkyl halides is 3. The lowest BCUT2D eigenvalue weighted by Gasteiger charge is -2.30. The number of hydrogen-bond donors (Lipinski definition) is 3. The van der Waals surface area contributed by atoms with Gasteiger partial charge in [-0.25, -0.2) is 14.2 Å². The van der Waals surface area contributed by atoms with Gasteiger partial charge in [0.15, 0.2) is 17.7 Å². The van der Waals surface area contributed by atoms with Crippen molar-refractivity contribution in [2.45, 2.75) is 81.6 Å². The zero-order valence-corrected chi connectivity index (χ0v) is 67.7. The van der Waals surface area contributed by atoms with E-state index in [1.807, 2.05) is 124 Å². The minimum Gasteiger partial charge on any atom is -0.497 e. The third kappa shape index (κ3) is 21.3. The summed E-state index contributed by atoms with van der Waals surface area (Å²) in [6.45, 7) is -0.215. The first kappa shape index (κ1) is 87.4. The van der Waals surface area contributed by atoms with E-state index in [1.54, 1.807) is 109 Å². The van der Waals surface area contributed by atoms with Crippen LogP contribution >= 0.6 is 69.0 Å². The number of pyridine rings is 4. The molecule has 2 amide bonds. The van der Waals surface area contributed by atoms with E-state index in [4.69, 9.17) is 61.2 Å². The van der Waals surface area contributed by atoms with Gasteiger partial charge in [-0.3, -0.25) is 33.7 Å². The number of imide groups is 1. The summed E-state index contributed by atoms with van der Waals surface area (Å²) in [7, 11) is -5.82. The third-order valence-electron chi connectivity index (χ3n) is 18.6. The van der Waals surface area contributed by atoms with Crippen molar-refractivity contribution in [1.82, 2.24) is 39.0 Å². The van der Waals surface area contributed by atoms with Gasteiger partial charge in [0.25, 0.3) is 5.91 Å². The summed E-state index contributed by atoms with van der Waals surface area (Å²) in [6, 6.07) is 60.9. The summed E-state index contributed by atoms with van der Waals surface area (Å²) in [6.07, 6.45) is 5.72. The van der Waals surface area contributed by atoms with Gasteiger partial charge in [0.2, 0.25) is 5.91 Å². The Morgan fingerprint density at radius 3 is 1.64 bits per heavy atom. The largest absolute Gasteiger partial charge is 0.523 e. The maximum Gasteiger partial charge on any atom is 0.523 e. The number of benzene rings is 7. The monoisotopic (exact) mass is 1810 g/mol. The van der Waals surface area contributed by atoms with Crippen LogP contribution in [0, 0.1) is 23.8 Å². The Morgan fingerprint density at radius 2 is 1.07 bits per heavy atom. The SMILES string of the molecule is COc1ccc(CN2C(=O)CCC(OS(=O)(=O)C(F)(F)F)C2=O)cc1.Clc1ccc2c(c1)[nH]c1ncccc12.O=C1CCC(n2c3cc(Cl)ccc3c3cccnc32)C(=O)C1.O=C1CCC(n2c3ccccc3c3ccc(Cl)cc32)C(=O)C1.O=[N+]([O-])c1ncccc1-c1ccc(Cl)cc1.O=[N+]([O-])c1ncccc1I.OB(O)c1ccccc1. The molecule has 17 rings (SSSR count). The Bertz CT molecular complexity index is 6080. The molecular formula is C82H65BCl4F3IN10O16S. The van der Waals surface area contributed by atoms with Crippen LogP contribution in [0.15, 0.2) is 231 Å². The molecule has 2 saturated carbocycles. The smallest absolute Gasteiger partial charge is 0.497 e. The number of para-hydroxylation sites is 1. The number of nitrogens with one attached hydrogen (secondary N) is 1. The highest BCUT2D eigenvalue weighted by Crippen LogP contribution is 2.40. The van der Waals surface area contributed by atoms with E-state index in [1.165, 1.54) is 19.5 Å². The Labute approximate surface area is 703 Å². The number of piperidine rings is 1. The van der Waals surface area contributed by atoms with Crippen LogP contribution in [-0.2, 0) is 49.6 Å². The molecule has 0 bridgehead atoms. The van der Waals surface area contributed by atoms with Gasteiger partial charge in [-0.15, -0.1) is 0 Å². The van der Waals surface area contributed by atoms with Gasteiger partial charge in [0.1, 0.15) is 44.6 Å². The first-order valence-corrected chi connectivity index (χ1v) is 39.7. The lowest BCUT2D eigenvalue weighted by molar-refractivity contribution is -0.390. The van der Waals surface area contributed by atoms with Crippen LogP contribution in [0.3, 0.4) is 0 Å². The Balaban J connectivity index is 0.000000138. The van der Waals surface area contributed by atoms with Gasteiger partial charge >= 0.3 is 34.4 Å². The maximum atomic E-state index is 12.4. The molecular weight excluding hydrogens is 1750 g/mol. The zero-order chi connectivity index (χ0) is 84.7. The van der Waals surface area contributed by atoms with Crippen molar-refractivity contribution in [2.75, 3.05) is 7.11 Å². The molecule has 26 nitrogen and oxygen atoms in total. The number of likely N-dealkylation sites (tertiary alicyclic amines) is 1. The zero-order valence-electron chi connectivity index (χ0n) is 61.7. The number of carbonyl (C=O) groups excluding carboxylic acids is 6. The summed E-state index contributed by atoms with van der Waals surface area (Å²) < 4.78 is 72.8. The minimum atomic E-state index is -5.93. The molecule has 1 aliphatic heterocycles. The fourth-order valence-corrected chi connectivity index (χ4v) is 14.9. The van der Waals surface area contributed by atoms with E-state index in [2.05, 4.69) is 45.8 Å². The van der Waals surface area contributed by atoms with Crippen molar-refractivity contribution < 1.29 is 79.2 Å². The first-order chi connectivity index (χ1) is 56.4. The van der Waals surface area contributed by atoms with Crippen molar-refractivity contribution in [2.24, 2.45) is 0 Å². The molecule has 118 heavy (non-hydrogen) atoms. The number of carbonyl (C=O) groups is 6. The van der Waals surface area contributed by atoms with Crippen molar-refractivity contribution in [3.05, 3.63) is 280 Å². The number of methoxy groups -OCH3 is 1. The lowest BCUT2D eigenvalue weighted by atomic mass is 9.81. The number of hydrogen-bond acceptors (Lipinski definition) is 20. The number of nitro groups is 2. The number of amides is 2. The van der Waals surface area contributed by atoms with Crippen molar-refractivity contribution >= 4 is 204 Å². The van der Waals surface area contributed by atoms with Crippen molar-refractivity contribution in [3.63, 3.8) is 0 Å². The van der Waals surface area contributed by atoms with E-state index in [0.717, 1.165) is 76.3 Å². The van der Waals surface area contributed by atoms with Crippen LogP contribution in [0.1, 0.15) is 69.0 Å². The standard InChI is InChI=1S/C18H14ClNO2.C17H13ClN2O2.C14H14F3NO6S.C11H7ClN2O2.C11H7ClN2.C6H7BO2.C5H3IN2O2/c19-11-5-7-14-13-3-1-2-4-15(13)20(17(14)9-11)16-8-6-12(21)10-18(16)22;18-10-3-5-12-13-2-1-7-19-17(13)20(15(12)8-10)14-6-4-11(21)9-16(14)22;1-23-10-4-2-9(3-5-10)8-18-12(19)7-6-11(13(18)20)24-25(21,22)14(15,16)17;12-9-5-3-8(4-6-9)10-2-1-7-13-11(10)14(15)16;12-7-3-4-8-9-2-1-5-13-11(9)14-10(8)6-7;8-7(9)6-4-2-1-3-5-6;6-4-2-1-3-7-5(4)8(9)10/h1-5,7,9,16H,6,8,10H2;1-3,5,7-8,14H,4,6,9H2;2-5,11H,6-8H2,1H3;1-7H;1-6H,(H,13,14);1-5,8-9H;1-3H. The number of aromatic amines is 1. The molecule has 3 unspecified atom stereocenters. The summed E-state index contributed by atoms with van der Waals surface area (Å²) in [5.74, 6) is -1.41. The van der Waals surface area contributed by atoms with Crippen LogP contribution in [-0.4, -0.2) is 128 Å². The first-order valence-electron chi connectivity index (χ1n) is 35.7. The van der Waals surface area contributed by atoms with E-state index in [9.17, 15) is 70.6 Å². The van der Waals surface area contributed by atoms with Gasteiger partial charge in [-0.05, 0) is 194 Å². The molecule has 36 heteroatoms. The van der Waals surface area contributed by atoms with Gasteiger partial charge in [-0.1, -0.05) is 137 Å². The summed E-state index contributed by atoms with van der Waals surface area (Å²) in [5, 5.41) is 47.2. The Hall–Kier alpha value is -11.5.